The van der Waals surface area contributed by atoms with Crippen molar-refractivity contribution < 1.29 is 74.1 Å². The molecule has 21 nitrogen and oxygen atoms in total. The Morgan fingerprint density at radius 2 is 1.29 bits per heavy atom. The quantitative estimate of drug-likeness (QED) is 0.0794. The molecule has 3 aliphatic heterocycles. The number of Topliss-reactive ketones (excluding diaryl/α,β-unsaturated/α-hetero) is 1. The third kappa shape index (κ3) is 8.92. The third-order valence-electron chi connectivity index (χ3n) is 9.70. The maximum absolute atomic E-state index is 12.8. The molecular formula is C28H54N6O15. The molecule has 0 radical (unpaired) electrons. The third-order valence-corrected chi connectivity index (χ3v) is 9.70. The monoisotopic (exact) mass is 714 g/mol. The fourth-order valence-corrected chi connectivity index (χ4v) is 6.71. The van der Waals surface area contributed by atoms with Gasteiger partial charge in [0.1, 0.15) is 54.9 Å². The van der Waals surface area contributed by atoms with Crippen molar-refractivity contribution in [2.24, 2.45) is 40.3 Å². The smallest absolute Gasteiger partial charge is 0.187 e. The van der Waals surface area contributed by atoms with Crippen molar-refractivity contribution in [3.05, 3.63) is 0 Å². The predicted octanol–water partition coefficient (Wildman–Crippen LogP) is -8.94. The first kappa shape index (κ1) is 40.6. The standard InChI is InChI=1S/C28H54N6O15/c29-4-13(38)19(40)12(37)2-8-1-9(32)23(47-26-10(33)3-11(36)14(5-30)44-26)25(18(8)39)49-28-22(43)24(16(7-35)46-28)48-27-17(34)21(42)20(41)15(6-31)45-27/h8-11,13-28,35-36,38-43H,1-7,29-34H2/t8-,9-,10+,11-,13-,14+,15-,16+,17+,18-,19+,20+,21+,22+,23+,24+,25+,26+,27+,28-/m0/s1. The predicted molar refractivity (Wildman–Crippen MR) is 163 cm³/mol. The Labute approximate surface area is 282 Å². The fourth-order valence-electron chi connectivity index (χ4n) is 6.71. The van der Waals surface area contributed by atoms with Gasteiger partial charge in [-0.3, -0.25) is 4.79 Å². The van der Waals surface area contributed by atoms with Gasteiger partial charge in [-0.1, -0.05) is 0 Å². The largest absolute Gasteiger partial charge is 0.394 e. The van der Waals surface area contributed by atoms with Crippen LogP contribution in [0.15, 0.2) is 0 Å². The van der Waals surface area contributed by atoms with Crippen LogP contribution in [0.3, 0.4) is 0 Å². The van der Waals surface area contributed by atoms with E-state index in [0.717, 1.165) is 0 Å². The number of carbonyl (C=O) groups is 1. The zero-order chi connectivity index (χ0) is 36.3. The molecule has 286 valence electrons. The second-order valence-electron chi connectivity index (χ2n) is 13.2. The molecule has 49 heavy (non-hydrogen) atoms. The van der Waals surface area contributed by atoms with E-state index in [4.69, 9.17) is 62.8 Å². The lowest BCUT2D eigenvalue weighted by atomic mass is 9.76. The van der Waals surface area contributed by atoms with Crippen LogP contribution in [0, 0.1) is 5.92 Å². The minimum atomic E-state index is -1.83. The second kappa shape index (κ2) is 17.6. The highest BCUT2D eigenvalue weighted by atomic mass is 16.8. The Balaban J connectivity index is 1.56. The minimum Gasteiger partial charge on any atom is -0.394 e. The molecule has 20 N–H and O–H groups in total. The summed E-state index contributed by atoms with van der Waals surface area (Å²) in [6.07, 6.45) is -22.4. The van der Waals surface area contributed by atoms with E-state index in [1.807, 2.05) is 0 Å². The van der Waals surface area contributed by atoms with Gasteiger partial charge in [-0.15, -0.1) is 0 Å². The SMILES string of the molecule is NC[C@@H]1O[C@H](O[C@H]2[C@@H](O)[C@H](O[C@@H]3[C@@H](O)[C@H](CC(=O)[C@@H](O)[C@@H](O)CN)C[C@H](N)[C@H]3O[C@H]3O[C@H](CN)[C@@H](O)C[C@H]3N)O[C@@H]2CO)[C@H](N)[C@@H](O)[C@@H]1O. The maximum atomic E-state index is 12.8. The van der Waals surface area contributed by atoms with E-state index < -0.39 is 148 Å². The van der Waals surface area contributed by atoms with Gasteiger partial charge < -0.3 is 104 Å². The van der Waals surface area contributed by atoms with Crippen molar-refractivity contribution in [2.45, 2.75) is 136 Å². The summed E-state index contributed by atoms with van der Waals surface area (Å²) < 4.78 is 35.2. The van der Waals surface area contributed by atoms with Crippen molar-refractivity contribution in [1.82, 2.24) is 0 Å². The number of aliphatic hydroxyl groups is 8. The molecule has 0 aromatic carbocycles. The van der Waals surface area contributed by atoms with E-state index in [1.54, 1.807) is 0 Å². The van der Waals surface area contributed by atoms with Crippen LogP contribution in [0.4, 0.5) is 0 Å². The molecule has 0 bridgehead atoms. The normalized spacial score (nSPS) is 47.6. The summed E-state index contributed by atoms with van der Waals surface area (Å²) in [4.78, 5) is 12.8. The highest BCUT2D eigenvalue weighted by Crippen LogP contribution is 2.37. The fraction of sp³-hybridized carbons (Fsp3) is 0.964. The summed E-state index contributed by atoms with van der Waals surface area (Å²) in [6, 6.07) is -3.12. The van der Waals surface area contributed by atoms with Crippen molar-refractivity contribution in [2.75, 3.05) is 26.2 Å². The topological polar surface area (TPSA) is 390 Å². The van der Waals surface area contributed by atoms with E-state index in [1.165, 1.54) is 0 Å². The van der Waals surface area contributed by atoms with Gasteiger partial charge in [-0.25, -0.2) is 0 Å². The van der Waals surface area contributed by atoms with Crippen LogP contribution in [0.2, 0.25) is 0 Å². The van der Waals surface area contributed by atoms with Crippen molar-refractivity contribution in [3.63, 3.8) is 0 Å². The highest BCUT2D eigenvalue weighted by molar-refractivity contribution is 5.83. The first-order valence-corrected chi connectivity index (χ1v) is 16.4. The van der Waals surface area contributed by atoms with Crippen LogP contribution in [-0.4, -0.2) is 189 Å². The van der Waals surface area contributed by atoms with Crippen molar-refractivity contribution in [3.8, 4) is 0 Å². The summed E-state index contributed by atoms with van der Waals surface area (Å²) in [5, 5.41) is 84.0. The van der Waals surface area contributed by atoms with Crippen molar-refractivity contribution in [1.29, 1.82) is 0 Å². The van der Waals surface area contributed by atoms with Crippen LogP contribution in [0.1, 0.15) is 19.3 Å². The van der Waals surface area contributed by atoms with E-state index in [2.05, 4.69) is 0 Å². The lowest BCUT2D eigenvalue weighted by Gasteiger charge is -2.47. The van der Waals surface area contributed by atoms with E-state index in [-0.39, 0.29) is 25.9 Å². The molecule has 0 amide bonds. The van der Waals surface area contributed by atoms with Crippen LogP contribution < -0.4 is 34.4 Å². The molecule has 0 spiro atoms. The molecule has 3 heterocycles. The number of carbonyl (C=O) groups excluding carboxylic acids is 1. The highest BCUT2D eigenvalue weighted by Gasteiger charge is 2.54. The first-order valence-electron chi connectivity index (χ1n) is 16.4. The molecule has 4 aliphatic rings. The maximum Gasteiger partial charge on any atom is 0.187 e. The van der Waals surface area contributed by atoms with E-state index >= 15 is 0 Å². The van der Waals surface area contributed by atoms with Crippen LogP contribution in [-0.2, 0) is 33.2 Å². The Morgan fingerprint density at radius 3 is 1.90 bits per heavy atom. The van der Waals surface area contributed by atoms with Gasteiger partial charge in [0.2, 0.25) is 0 Å². The van der Waals surface area contributed by atoms with Crippen LogP contribution >= 0.6 is 0 Å². The van der Waals surface area contributed by atoms with Gasteiger partial charge in [0.05, 0.1) is 43.1 Å². The molecule has 0 aromatic heterocycles. The van der Waals surface area contributed by atoms with Crippen molar-refractivity contribution >= 4 is 5.78 Å². The molecule has 3 saturated heterocycles. The van der Waals surface area contributed by atoms with Gasteiger partial charge >= 0.3 is 0 Å². The molecule has 4 fully saturated rings. The Kier molecular flexibility index (Phi) is 14.6. The van der Waals surface area contributed by atoms with Gasteiger partial charge in [-0.05, 0) is 18.8 Å². The van der Waals surface area contributed by atoms with E-state index in [9.17, 15) is 45.6 Å². The number of hydrogen-bond acceptors (Lipinski definition) is 21. The molecule has 20 atom stereocenters. The summed E-state index contributed by atoms with van der Waals surface area (Å²) in [5.74, 6) is -1.77. The lowest BCUT2D eigenvalue weighted by Crippen LogP contribution is -2.64. The minimum absolute atomic E-state index is 0.0414. The van der Waals surface area contributed by atoms with Crippen LogP contribution in [0.5, 0.6) is 0 Å². The Morgan fingerprint density at radius 1 is 0.694 bits per heavy atom. The summed E-state index contributed by atoms with van der Waals surface area (Å²) in [6.45, 7) is -1.35. The summed E-state index contributed by atoms with van der Waals surface area (Å²) >= 11 is 0. The number of ketones is 1. The van der Waals surface area contributed by atoms with Gasteiger partial charge in [0.25, 0.3) is 0 Å². The summed E-state index contributed by atoms with van der Waals surface area (Å²) in [5.41, 5.74) is 35.5. The van der Waals surface area contributed by atoms with Gasteiger partial charge in [-0.2, -0.15) is 0 Å². The van der Waals surface area contributed by atoms with E-state index in [0.29, 0.717) is 0 Å². The number of rotatable bonds is 14. The van der Waals surface area contributed by atoms with Gasteiger partial charge in [0, 0.05) is 32.1 Å². The molecule has 0 aromatic rings. The number of ether oxygens (including phenoxy) is 6. The van der Waals surface area contributed by atoms with Crippen LogP contribution in [0.25, 0.3) is 0 Å². The molecular weight excluding hydrogens is 660 g/mol. The second-order valence-corrected chi connectivity index (χ2v) is 13.2. The average Bonchev–Trinajstić information content (AvgIpc) is 3.38. The first-order chi connectivity index (χ1) is 23.2. The molecule has 1 aliphatic carbocycles. The number of aliphatic hydroxyl groups excluding tert-OH is 8. The zero-order valence-electron chi connectivity index (χ0n) is 26.9. The molecule has 4 rings (SSSR count). The average molecular weight is 715 g/mol. The number of hydrogen-bond donors (Lipinski definition) is 14. The Hall–Kier alpha value is -1.13. The van der Waals surface area contributed by atoms with Gasteiger partial charge in [0.15, 0.2) is 24.7 Å². The summed E-state index contributed by atoms with van der Waals surface area (Å²) in [7, 11) is 0. The molecule has 0 unspecified atom stereocenters. The molecule has 21 heteroatoms. The lowest BCUT2D eigenvalue weighted by molar-refractivity contribution is -0.299. The Bertz CT molecular complexity index is 1060. The zero-order valence-corrected chi connectivity index (χ0v) is 26.9. The molecule has 1 saturated carbocycles. The number of nitrogens with two attached hydrogens (primary N) is 6.